The number of carbonyl (C=O) groups excluding carboxylic acids is 4. The van der Waals surface area contributed by atoms with Gasteiger partial charge in [0.05, 0.1) is 0 Å². The van der Waals surface area contributed by atoms with Crippen LogP contribution in [0.3, 0.4) is 0 Å². The maximum atomic E-state index is 11.8. The Morgan fingerprint density at radius 1 is 1.11 bits per heavy atom. The number of urea groups is 1. The predicted molar refractivity (Wildman–Crippen MR) is 96.4 cm³/mol. The first-order valence-corrected chi connectivity index (χ1v) is 8.92. The molecule has 0 unspecified atom stereocenters. The molecule has 1 aliphatic carbocycles. The van der Waals surface area contributed by atoms with Crippen LogP contribution >= 0.6 is 0 Å². The number of amides is 3. The highest BCUT2D eigenvalue weighted by Gasteiger charge is 2.23. The number of carbonyl (C=O) groups is 4. The Kier molecular flexibility index (Phi) is 7.79. The molecule has 146 valence electrons. The van der Waals surface area contributed by atoms with E-state index in [-0.39, 0.29) is 12.6 Å². The number of ether oxygens (including phenoxy) is 2. The van der Waals surface area contributed by atoms with E-state index >= 15 is 0 Å². The zero-order valence-corrected chi connectivity index (χ0v) is 15.2. The van der Waals surface area contributed by atoms with E-state index in [0.29, 0.717) is 23.5 Å². The molecule has 27 heavy (non-hydrogen) atoms. The van der Waals surface area contributed by atoms with Gasteiger partial charge in [0.1, 0.15) is 12.0 Å². The van der Waals surface area contributed by atoms with Gasteiger partial charge in [0.15, 0.2) is 13.2 Å². The van der Waals surface area contributed by atoms with Crippen LogP contribution in [-0.2, 0) is 14.3 Å². The van der Waals surface area contributed by atoms with Gasteiger partial charge in [-0.3, -0.25) is 14.9 Å². The van der Waals surface area contributed by atoms with E-state index in [1.54, 1.807) is 24.3 Å². The summed E-state index contributed by atoms with van der Waals surface area (Å²) in [6.45, 7) is 1.11. The Labute approximate surface area is 157 Å². The largest absolute Gasteiger partial charge is 0.482 e. The molecule has 0 radical (unpaired) electrons. The van der Waals surface area contributed by atoms with Gasteiger partial charge < -0.3 is 14.8 Å². The predicted octanol–water partition coefficient (Wildman–Crippen LogP) is 1.83. The van der Waals surface area contributed by atoms with Gasteiger partial charge in [-0.05, 0) is 43.0 Å². The number of benzene rings is 1. The standard InChI is InChI=1S/C19H24N2O6/c1-13-4-2-3-5-16(13)20-19(25)21-17(23)11-27-18(24)12-26-15-8-6-14(10-22)7-9-15/h6-10,13,16H,2-5,11-12H2,1H3,(H2,20,21,23,25)/t13-,16+/m1/s1. The lowest BCUT2D eigenvalue weighted by Gasteiger charge is -2.29. The minimum Gasteiger partial charge on any atom is -0.482 e. The molecule has 0 heterocycles. The van der Waals surface area contributed by atoms with Crippen LogP contribution in [0.25, 0.3) is 0 Å². The molecule has 0 saturated heterocycles. The average Bonchev–Trinajstić information content (AvgIpc) is 2.67. The van der Waals surface area contributed by atoms with Crippen molar-refractivity contribution in [3.8, 4) is 5.75 Å². The van der Waals surface area contributed by atoms with Crippen LogP contribution in [-0.4, -0.2) is 43.4 Å². The van der Waals surface area contributed by atoms with Crippen LogP contribution in [0.4, 0.5) is 4.79 Å². The van der Waals surface area contributed by atoms with E-state index in [1.807, 2.05) is 0 Å². The first kappa shape index (κ1) is 20.4. The van der Waals surface area contributed by atoms with Crippen molar-refractivity contribution in [3.05, 3.63) is 29.8 Å². The zero-order chi connectivity index (χ0) is 19.6. The summed E-state index contributed by atoms with van der Waals surface area (Å²) in [6, 6.07) is 5.65. The first-order chi connectivity index (χ1) is 13.0. The lowest BCUT2D eigenvalue weighted by Crippen LogP contribution is -2.48. The average molecular weight is 376 g/mol. The minimum atomic E-state index is -0.745. The monoisotopic (exact) mass is 376 g/mol. The summed E-state index contributed by atoms with van der Waals surface area (Å²) in [5, 5.41) is 4.93. The van der Waals surface area contributed by atoms with E-state index in [9.17, 15) is 19.2 Å². The van der Waals surface area contributed by atoms with E-state index < -0.39 is 24.5 Å². The second-order valence-corrected chi connectivity index (χ2v) is 6.53. The van der Waals surface area contributed by atoms with Gasteiger partial charge in [-0.2, -0.15) is 0 Å². The second-order valence-electron chi connectivity index (χ2n) is 6.53. The summed E-state index contributed by atoms with van der Waals surface area (Å²) in [6.07, 6.45) is 4.84. The van der Waals surface area contributed by atoms with Crippen LogP contribution in [0.2, 0.25) is 0 Å². The maximum Gasteiger partial charge on any atom is 0.344 e. The maximum absolute atomic E-state index is 11.8. The van der Waals surface area contributed by atoms with E-state index in [2.05, 4.69) is 17.6 Å². The van der Waals surface area contributed by atoms with Gasteiger partial charge in [-0.15, -0.1) is 0 Å². The molecule has 0 spiro atoms. The number of aldehydes is 1. The number of esters is 1. The molecule has 1 saturated carbocycles. The number of rotatable bonds is 7. The molecular weight excluding hydrogens is 352 g/mol. The fourth-order valence-electron chi connectivity index (χ4n) is 2.87. The molecule has 1 aliphatic rings. The number of hydrogen-bond donors (Lipinski definition) is 2. The summed E-state index contributed by atoms with van der Waals surface area (Å²) in [5.74, 6) is -0.691. The third kappa shape index (κ3) is 7.08. The topological polar surface area (TPSA) is 111 Å². The molecule has 1 aromatic rings. The molecular formula is C19H24N2O6. The number of imide groups is 1. The van der Waals surface area contributed by atoms with Crippen molar-refractivity contribution in [1.82, 2.24) is 10.6 Å². The number of nitrogens with one attached hydrogen (secondary N) is 2. The van der Waals surface area contributed by atoms with Crippen LogP contribution in [0.1, 0.15) is 43.0 Å². The summed E-state index contributed by atoms with van der Waals surface area (Å²) in [4.78, 5) is 45.7. The van der Waals surface area contributed by atoms with E-state index in [1.165, 1.54) is 0 Å². The molecule has 1 aromatic carbocycles. The molecule has 0 bridgehead atoms. The van der Waals surface area contributed by atoms with Crippen LogP contribution in [0.15, 0.2) is 24.3 Å². The van der Waals surface area contributed by atoms with Gasteiger partial charge in [0, 0.05) is 11.6 Å². The van der Waals surface area contributed by atoms with Crippen molar-refractivity contribution in [3.63, 3.8) is 0 Å². The normalized spacial score (nSPS) is 18.9. The fraction of sp³-hybridized carbons (Fsp3) is 0.474. The lowest BCUT2D eigenvalue weighted by molar-refractivity contribution is -0.150. The molecule has 2 rings (SSSR count). The molecule has 1 fully saturated rings. The van der Waals surface area contributed by atoms with Gasteiger partial charge in [0.25, 0.3) is 5.91 Å². The second kappa shape index (κ2) is 10.3. The first-order valence-electron chi connectivity index (χ1n) is 8.92. The lowest BCUT2D eigenvalue weighted by atomic mass is 9.86. The third-order valence-corrected chi connectivity index (χ3v) is 4.42. The Hall–Kier alpha value is -2.90. The summed E-state index contributed by atoms with van der Waals surface area (Å²) >= 11 is 0. The number of hydrogen-bond acceptors (Lipinski definition) is 6. The molecule has 2 N–H and O–H groups in total. The van der Waals surface area contributed by atoms with Gasteiger partial charge in [-0.25, -0.2) is 9.59 Å². The smallest absolute Gasteiger partial charge is 0.344 e. The van der Waals surface area contributed by atoms with Gasteiger partial charge in [-0.1, -0.05) is 19.8 Å². The van der Waals surface area contributed by atoms with Crippen LogP contribution in [0, 0.1) is 5.92 Å². The fourth-order valence-corrected chi connectivity index (χ4v) is 2.87. The van der Waals surface area contributed by atoms with Crippen molar-refractivity contribution >= 4 is 24.2 Å². The molecule has 0 aromatic heterocycles. The molecule has 2 atom stereocenters. The highest BCUT2D eigenvalue weighted by Crippen LogP contribution is 2.23. The summed E-state index contributed by atoms with van der Waals surface area (Å²) in [7, 11) is 0. The van der Waals surface area contributed by atoms with Crippen molar-refractivity contribution < 1.29 is 28.7 Å². The third-order valence-electron chi connectivity index (χ3n) is 4.42. The Morgan fingerprint density at radius 2 is 1.81 bits per heavy atom. The van der Waals surface area contributed by atoms with Gasteiger partial charge in [0.2, 0.25) is 0 Å². The van der Waals surface area contributed by atoms with E-state index in [0.717, 1.165) is 25.7 Å². The summed E-state index contributed by atoms with van der Waals surface area (Å²) in [5.41, 5.74) is 0.488. The zero-order valence-electron chi connectivity index (χ0n) is 15.2. The highest BCUT2D eigenvalue weighted by atomic mass is 16.6. The molecule has 3 amide bonds. The van der Waals surface area contributed by atoms with Crippen molar-refractivity contribution in [2.24, 2.45) is 5.92 Å². The van der Waals surface area contributed by atoms with Crippen molar-refractivity contribution in [2.75, 3.05) is 13.2 Å². The molecule has 0 aliphatic heterocycles. The van der Waals surface area contributed by atoms with Crippen molar-refractivity contribution in [2.45, 2.75) is 38.6 Å². The molecule has 8 heteroatoms. The van der Waals surface area contributed by atoms with Crippen molar-refractivity contribution in [1.29, 1.82) is 0 Å². The minimum absolute atomic E-state index is 0.0492. The van der Waals surface area contributed by atoms with Crippen LogP contribution in [0.5, 0.6) is 5.75 Å². The Balaban J connectivity index is 1.64. The van der Waals surface area contributed by atoms with Crippen LogP contribution < -0.4 is 15.4 Å². The molecule has 8 nitrogen and oxygen atoms in total. The van der Waals surface area contributed by atoms with E-state index in [4.69, 9.17) is 9.47 Å². The summed E-state index contributed by atoms with van der Waals surface area (Å²) < 4.78 is 9.96. The Bertz CT molecular complexity index is 673. The highest BCUT2D eigenvalue weighted by molar-refractivity contribution is 5.95. The quantitative estimate of drug-likeness (QED) is 0.555. The Morgan fingerprint density at radius 3 is 2.48 bits per heavy atom. The SMILES string of the molecule is C[C@@H]1CCCC[C@@H]1NC(=O)NC(=O)COC(=O)COc1ccc(C=O)cc1. The van der Waals surface area contributed by atoms with Gasteiger partial charge >= 0.3 is 12.0 Å².